The molecule has 3 fully saturated rings. The number of rotatable bonds is 5. The van der Waals surface area contributed by atoms with E-state index in [0.717, 1.165) is 6.08 Å². The summed E-state index contributed by atoms with van der Waals surface area (Å²) in [4.78, 5) is 37.4. The van der Waals surface area contributed by atoms with Crippen LogP contribution >= 0.6 is 0 Å². The maximum Gasteiger partial charge on any atom is 0.306 e. The van der Waals surface area contributed by atoms with Gasteiger partial charge in [-0.2, -0.15) is 0 Å². The number of alkyl halides is 2. The molecular weight excluding hydrogens is 434 g/mol. The normalized spacial score (nSPS) is 46.2. The van der Waals surface area contributed by atoms with Crippen LogP contribution in [0.3, 0.4) is 0 Å². The molecule has 33 heavy (non-hydrogen) atoms. The highest BCUT2D eigenvalue weighted by Gasteiger charge is 2.76. The van der Waals surface area contributed by atoms with Gasteiger partial charge in [0.25, 0.3) is 0 Å². The fourth-order valence-corrected chi connectivity index (χ4v) is 7.45. The number of ether oxygens (including phenoxy) is 1. The summed E-state index contributed by atoms with van der Waals surface area (Å²) in [5.74, 6) is -3.24. The third-order valence-corrected chi connectivity index (χ3v) is 9.08. The van der Waals surface area contributed by atoms with Crippen molar-refractivity contribution >= 4 is 17.5 Å². The largest absolute Gasteiger partial charge is 0.450 e. The van der Waals surface area contributed by atoms with Crippen LogP contribution in [0.2, 0.25) is 0 Å². The van der Waals surface area contributed by atoms with E-state index < -0.39 is 70.4 Å². The Hall–Kier alpha value is -1.93. The number of esters is 1. The molecule has 4 rings (SSSR count). The van der Waals surface area contributed by atoms with Crippen LogP contribution in [0.1, 0.15) is 59.3 Å². The zero-order valence-electron chi connectivity index (χ0n) is 19.3. The third kappa shape index (κ3) is 2.99. The van der Waals surface area contributed by atoms with Crippen molar-refractivity contribution in [3.63, 3.8) is 0 Å². The van der Waals surface area contributed by atoms with Gasteiger partial charge in [0.15, 0.2) is 17.1 Å². The first-order valence-electron chi connectivity index (χ1n) is 11.7. The lowest BCUT2D eigenvalue weighted by molar-refractivity contribution is -0.229. The van der Waals surface area contributed by atoms with E-state index >= 15 is 8.78 Å². The molecule has 6 nitrogen and oxygen atoms in total. The lowest BCUT2D eigenvalue weighted by Gasteiger charge is -2.63. The van der Waals surface area contributed by atoms with Gasteiger partial charge in [0.2, 0.25) is 5.78 Å². The van der Waals surface area contributed by atoms with Crippen LogP contribution in [0.15, 0.2) is 23.8 Å². The van der Waals surface area contributed by atoms with Gasteiger partial charge < -0.3 is 14.9 Å². The molecule has 4 aliphatic rings. The Morgan fingerprint density at radius 2 is 1.97 bits per heavy atom. The van der Waals surface area contributed by atoms with Crippen molar-refractivity contribution in [2.45, 2.75) is 82.8 Å². The highest BCUT2D eigenvalue weighted by atomic mass is 19.1. The predicted molar refractivity (Wildman–Crippen MR) is 114 cm³/mol. The van der Waals surface area contributed by atoms with Gasteiger partial charge in [0.1, 0.15) is 12.8 Å². The fraction of sp³-hybridized carbons (Fsp3) is 0.720. The van der Waals surface area contributed by atoms with Crippen molar-refractivity contribution < 1.29 is 38.1 Å². The molecule has 8 unspecified atom stereocenters. The maximum atomic E-state index is 17.1. The van der Waals surface area contributed by atoms with Gasteiger partial charge >= 0.3 is 5.97 Å². The van der Waals surface area contributed by atoms with Gasteiger partial charge in [-0.05, 0) is 62.7 Å². The highest BCUT2D eigenvalue weighted by molar-refractivity contribution is 6.01. The van der Waals surface area contributed by atoms with Gasteiger partial charge in [-0.3, -0.25) is 14.4 Å². The van der Waals surface area contributed by atoms with E-state index in [-0.39, 0.29) is 37.7 Å². The Morgan fingerprint density at radius 1 is 1.27 bits per heavy atom. The van der Waals surface area contributed by atoms with E-state index in [1.165, 1.54) is 19.1 Å². The number of Topliss-reactive ketones (excluding diaryl/α,β-unsaturated/α-hetero) is 1. The van der Waals surface area contributed by atoms with Crippen molar-refractivity contribution in [2.24, 2.45) is 22.7 Å². The van der Waals surface area contributed by atoms with Crippen LogP contribution in [0.5, 0.6) is 0 Å². The Labute approximate surface area is 192 Å². The van der Waals surface area contributed by atoms with E-state index in [1.807, 2.05) is 0 Å². The molecule has 0 aromatic heterocycles. The molecule has 8 atom stereocenters. The van der Waals surface area contributed by atoms with E-state index in [9.17, 15) is 24.6 Å². The smallest absolute Gasteiger partial charge is 0.306 e. The predicted octanol–water partition coefficient (Wildman–Crippen LogP) is 2.95. The third-order valence-electron chi connectivity index (χ3n) is 9.08. The van der Waals surface area contributed by atoms with Gasteiger partial charge in [0, 0.05) is 23.2 Å². The van der Waals surface area contributed by atoms with Gasteiger partial charge in [0.05, 0.1) is 6.10 Å². The van der Waals surface area contributed by atoms with Crippen LogP contribution in [-0.4, -0.2) is 57.9 Å². The molecule has 0 spiro atoms. The van der Waals surface area contributed by atoms with Gasteiger partial charge in [-0.25, -0.2) is 8.78 Å². The first kappa shape index (κ1) is 24.2. The van der Waals surface area contributed by atoms with Gasteiger partial charge in [-0.1, -0.05) is 19.9 Å². The van der Waals surface area contributed by atoms with Crippen molar-refractivity contribution in [1.82, 2.24) is 0 Å². The number of aliphatic hydroxyl groups excluding tert-OH is 2. The quantitative estimate of drug-likeness (QED) is 0.605. The average molecular weight is 467 g/mol. The number of ketones is 2. The molecule has 0 aliphatic heterocycles. The molecule has 0 aromatic carbocycles. The van der Waals surface area contributed by atoms with E-state index in [4.69, 9.17) is 4.74 Å². The van der Waals surface area contributed by atoms with Crippen molar-refractivity contribution in [3.8, 4) is 0 Å². The monoisotopic (exact) mass is 466 g/mol. The Balaban J connectivity index is 1.82. The molecule has 0 radical (unpaired) electrons. The maximum absolute atomic E-state index is 17.1. The molecule has 0 saturated heterocycles. The minimum absolute atomic E-state index is 0.0291. The second-order valence-corrected chi connectivity index (χ2v) is 10.5. The lowest BCUT2D eigenvalue weighted by atomic mass is 9.44. The standard InChI is InChI=1S/C25H32F2O6/c1-4-5-21(32)33-24(20(31)13-28)9-7-15-16-11-18(26)17-10-14(29)6-8-22(17,2)25(16,27)19(30)12-23(15,24)3/h6,8,10,15-16,18-19,28,30H,4-5,7,9,11-13H2,1-3H3. The minimum Gasteiger partial charge on any atom is -0.450 e. The number of fused-ring (bicyclic) bond motifs is 5. The van der Waals surface area contributed by atoms with Crippen molar-refractivity contribution in [3.05, 3.63) is 23.8 Å². The van der Waals surface area contributed by atoms with Crippen LogP contribution < -0.4 is 0 Å². The Morgan fingerprint density at radius 3 is 2.61 bits per heavy atom. The number of hydrogen-bond acceptors (Lipinski definition) is 6. The molecule has 182 valence electrons. The number of allylic oxidation sites excluding steroid dienone is 4. The summed E-state index contributed by atoms with van der Waals surface area (Å²) < 4.78 is 38.3. The molecule has 0 bridgehead atoms. The summed E-state index contributed by atoms with van der Waals surface area (Å²) in [5.41, 5.74) is -6.64. The summed E-state index contributed by atoms with van der Waals surface area (Å²) in [5, 5.41) is 21.0. The van der Waals surface area contributed by atoms with Crippen LogP contribution in [0, 0.1) is 22.7 Å². The number of halogens is 2. The highest BCUT2D eigenvalue weighted by Crippen LogP contribution is 2.70. The summed E-state index contributed by atoms with van der Waals surface area (Å²) >= 11 is 0. The second kappa shape index (κ2) is 7.80. The molecule has 0 amide bonds. The van der Waals surface area contributed by atoms with E-state index in [0.29, 0.717) is 6.42 Å². The molecule has 3 saturated carbocycles. The summed E-state index contributed by atoms with van der Waals surface area (Å²) in [6.45, 7) is 4.13. The first-order chi connectivity index (χ1) is 15.4. The minimum atomic E-state index is -2.27. The molecular formula is C25H32F2O6. The SMILES string of the molecule is CCCC(=O)OC1(C(=O)CO)CCC2C3CC(F)C4=CC(=O)C=CC4(C)C3(F)C(O)CC21C. The van der Waals surface area contributed by atoms with Crippen LogP contribution in [0.25, 0.3) is 0 Å². The fourth-order valence-electron chi connectivity index (χ4n) is 7.45. The van der Waals surface area contributed by atoms with Gasteiger partial charge in [-0.15, -0.1) is 0 Å². The van der Waals surface area contributed by atoms with Crippen molar-refractivity contribution in [1.29, 1.82) is 0 Å². The average Bonchev–Trinajstić information content (AvgIpc) is 3.04. The van der Waals surface area contributed by atoms with E-state index in [1.54, 1.807) is 13.8 Å². The Kier molecular flexibility index (Phi) is 5.72. The summed E-state index contributed by atoms with van der Waals surface area (Å²) in [6, 6.07) is 0. The van der Waals surface area contributed by atoms with Crippen molar-refractivity contribution in [2.75, 3.05) is 6.61 Å². The Bertz CT molecular complexity index is 945. The van der Waals surface area contributed by atoms with Crippen LogP contribution in [-0.2, 0) is 19.1 Å². The van der Waals surface area contributed by atoms with E-state index in [2.05, 4.69) is 0 Å². The van der Waals surface area contributed by atoms with Crippen LogP contribution in [0.4, 0.5) is 8.78 Å². The second-order valence-electron chi connectivity index (χ2n) is 10.5. The lowest BCUT2D eigenvalue weighted by Crippen LogP contribution is -2.70. The number of hydrogen-bond donors (Lipinski definition) is 2. The molecule has 2 N–H and O–H groups in total. The molecule has 4 aliphatic carbocycles. The summed E-state index contributed by atoms with van der Waals surface area (Å²) in [7, 11) is 0. The molecule has 0 aromatic rings. The summed E-state index contributed by atoms with van der Waals surface area (Å²) in [6.07, 6.45) is 1.01. The molecule has 0 heterocycles. The zero-order chi connectivity index (χ0) is 24.4. The number of aliphatic hydroxyl groups is 2. The number of carbonyl (C=O) groups is 3. The number of carbonyl (C=O) groups excluding carboxylic acids is 3. The molecule has 8 heteroatoms. The first-order valence-corrected chi connectivity index (χ1v) is 11.7. The zero-order valence-corrected chi connectivity index (χ0v) is 19.3. The topological polar surface area (TPSA) is 101 Å².